The lowest BCUT2D eigenvalue weighted by Crippen LogP contribution is -2.49. The zero-order chi connectivity index (χ0) is 18.4. The predicted molar refractivity (Wildman–Crippen MR) is 74.3 cm³/mol. The van der Waals surface area contributed by atoms with Crippen molar-refractivity contribution in [3.05, 3.63) is 27.3 Å². The largest absolute Gasteiger partial charge is 0.475 e. The Kier molecular flexibility index (Phi) is 5.80. The molecule has 13 heteroatoms. The van der Waals surface area contributed by atoms with E-state index in [4.69, 9.17) is 0 Å². The van der Waals surface area contributed by atoms with E-state index in [1.807, 2.05) is 0 Å². The van der Waals surface area contributed by atoms with Gasteiger partial charge in [0.1, 0.15) is 0 Å². The molecular weight excluding hydrogens is 546 g/mol. The smallest absolute Gasteiger partial charge is 0.245 e. The maximum atomic E-state index is 14.2. The van der Waals surface area contributed by atoms with Crippen molar-refractivity contribution in [3.8, 4) is 0 Å². The summed E-state index contributed by atoms with van der Waals surface area (Å²) in [7, 11) is -3.81. The highest BCUT2D eigenvalue weighted by Crippen LogP contribution is 2.55. The van der Waals surface area contributed by atoms with Crippen molar-refractivity contribution in [1.82, 2.24) is 0 Å². The Morgan fingerprint density at radius 2 is 1.39 bits per heavy atom. The van der Waals surface area contributed by atoms with E-state index in [1.165, 1.54) is 38.5 Å². The van der Waals surface area contributed by atoms with Crippen LogP contribution in [0, 0.1) is 3.57 Å². The SMILES string of the molecule is O=S(c1cc(I)cc(C(F)(C(F)(F)F)C(F)(F)Br)c1)C(F)(F)F. The van der Waals surface area contributed by atoms with Crippen molar-refractivity contribution in [1.29, 1.82) is 0 Å². The molecule has 1 aromatic carbocycles. The van der Waals surface area contributed by atoms with E-state index in [0.29, 0.717) is 12.1 Å². The second kappa shape index (κ2) is 6.35. The van der Waals surface area contributed by atoms with Gasteiger partial charge in [-0.1, -0.05) is 0 Å². The summed E-state index contributed by atoms with van der Waals surface area (Å²) in [4.78, 5) is -6.44. The Labute approximate surface area is 147 Å². The normalized spacial score (nSPS) is 17.7. The van der Waals surface area contributed by atoms with Gasteiger partial charge in [0.05, 0.1) is 0 Å². The Morgan fingerprint density at radius 1 is 0.913 bits per heavy atom. The number of hydrogen-bond acceptors (Lipinski definition) is 1. The van der Waals surface area contributed by atoms with Crippen molar-refractivity contribution in [3.63, 3.8) is 0 Å². The average molecular weight is 549 g/mol. The van der Waals surface area contributed by atoms with Crippen molar-refractivity contribution < 1.29 is 43.7 Å². The van der Waals surface area contributed by atoms with Crippen LogP contribution in [0.4, 0.5) is 39.5 Å². The van der Waals surface area contributed by atoms with Gasteiger partial charge in [-0.15, -0.1) is 0 Å². The maximum Gasteiger partial charge on any atom is 0.475 e. The van der Waals surface area contributed by atoms with Gasteiger partial charge in [0.25, 0.3) is 0 Å². The molecule has 0 spiro atoms. The molecule has 132 valence electrons. The van der Waals surface area contributed by atoms with E-state index in [0.717, 1.165) is 0 Å². The Morgan fingerprint density at radius 3 is 1.74 bits per heavy atom. The maximum absolute atomic E-state index is 14.2. The van der Waals surface area contributed by atoms with Gasteiger partial charge in [-0.3, -0.25) is 0 Å². The zero-order valence-electron chi connectivity index (χ0n) is 10.2. The van der Waals surface area contributed by atoms with Crippen LogP contribution in [-0.2, 0) is 16.5 Å². The topological polar surface area (TPSA) is 17.1 Å². The minimum Gasteiger partial charge on any atom is -0.245 e. The molecule has 0 heterocycles. The van der Waals surface area contributed by atoms with Crippen LogP contribution in [0.3, 0.4) is 0 Å². The Balaban J connectivity index is 3.66. The van der Waals surface area contributed by atoms with E-state index in [9.17, 15) is 43.7 Å². The number of rotatable bonds is 3. The van der Waals surface area contributed by atoms with Crippen molar-refractivity contribution in [2.75, 3.05) is 0 Å². The summed E-state index contributed by atoms with van der Waals surface area (Å²) < 4.78 is 127. The summed E-state index contributed by atoms with van der Waals surface area (Å²) in [5, 5.41) is 0. The van der Waals surface area contributed by atoms with Gasteiger partial charge in [-0.25, -0.2) is 8.60 Å². The first kappa shape index (κ1) is 21.0. The summed E-state index contributed by atoms with van der Waals surface area (Å²) in [6.45, 7) is 0. The first-order valence-electron chi connectivity index (χ1n) is 5.14. The van der Waals surface area contributed by atoms with Gasteiger partial charge in [0, 0.05) is 14.0 Å². The molecule has 0 saturated heterocycles. The van der Waals surface area contributed by atoms with E-state index < -0.39 is 47.0 Å². The summed E-state index contributed by atoms with van der Waals surface area (Å²) in [5.74, 6) is 0. The molecule has 2 unspecified atom stereocenters. The Bertz CT molecular complexity index is 608. The lowest BCUT2D eigenvalue weighted by atomic mass is 9.95. The van der Waals surface area contributed by atoms with Crippen LogP contribution >= 0.6 is 38.5 Å². The van der Waals surface area contributed by atoms with Crippen molar-refractivity contribution >= 4 is 49.3 Å². The quantitative estimate of drug-likeness (QED) is 0.272. The third-order valence-corrected chi connectivity index (χ3v) is 4.73. The monoisotopic (exact) mass is 548 g/mol. The molecule has 2 atom stereocenters. The predicted octanol–water partition coefficient (Wildman–Crippen LogP) is 5.63. The van der Waals surface area contributed by atoms with E-state index in [2.05, 4.69) is 0 Å². The van der Waals surface area contributed by atoms with Crippen LogP contribution in [0.5, 0.6) is 0 Å². The summed E-state index contributed by atoms with van der Waals surface area (Å²) >= 11 is 2.46. The molecule has 0 bridgehead atoms. The van der Waals surface area contributed by atoms with Gasteiger partial charge >= 0.3 is 22.2 Å². The van der Waals surface area contributed by atoms with E-state index in [1.54, 1.807) is 0 Å². The van der Waals surface area contributed by atoms with Crippen LogP contribution in [0.25, 0.3) is 0 Å². The molecule has 0 aliphatic rings. The molecule has 23 heavy (non-hydrogen) atoms. The molecule has 1 nitrogen and oxygen atoms in total. The first-order valence-corrected chi connectivity index (χ1v) is 8.16. The van der Waals surface area contributed by atoms with Crippen LogP contribution < -0.4 is 0 Å². The number of hydrogen-bond donors (Lipinski definition) is 0. The molecule has 0 aliphatic heterocycles. The second-order valence-corrected chi connectivity index (χ2v) is 7.76. The molecule has 0 saturated carbocycles. The molecule has 1 rings (SSSR count). The van der Waals surface area contributed by atoms with Crippen molar-refractivity contribution in [2.45, 2.75) is 27.1 Å². The highest BCUT2D eigenvalue weighted by atomic mass is 127. The first-order chi connectivity index (χ1) is 10.0. The van der Waals surface area contributed by atoms with Gasteiger partial charge < -0.3 is 0 Å². The van der Waals surface area contributed by atoms with Gasteiger partial charge in [0.15, 0.2) is 10.8 Å². The standard InChI is InChI=1S/C10H3BrF9IOS/c11-8(13,14)7(12,9(15,16)17)4-1-5(21)3-6(2-4)23(22)10(18,19)20/h1-3H. The fourth-order valence-corrected chi connectivity index (χ4v) is 3.56. The lowest BCUT2D eigenvalue weighted by Gasteiger charge is -2.32. The fraction of sp³-hybridized carbons (Fsp3) is 0.400. The highest BCUT2D eigenvalue weighted by molar-refractivity contribution is 14.1. The highest BCUT2D eigenvalue weighted by Gasteiger charge is 2.71. The molecule has 0 amide bonds. The summed E-state index contributed by atoms with van der Waals surface area (Å²) in [6, 6.07) is 0.700. The molecule has 0 fully saturated rings. The van der Waals surface area contributed by atoms with E-state index >= 15 is 0 Å². The minimum atomic E-state index is -6.15. The molecular formula is C10H3BrF9IOS. The number of alkyl halides is 10. The molecule has 0 N–H and O–H groups in total. The second-order valence-electron chi connectivity index (χ2n) is 4.04. The third kappa shape index (κ3) is 4.14. The summed E-state index contributed by atoms with van der Waals surface area (Å²) in [6.07, 6.45) is -6.15. The zero-order valence-corrected chi connectivity index (χ0v) is 14.8. The third-order valence-electron chi connectivity index (χ3n) is 2.47. The van der Waals surface area contributed by atoms with Gasteiger partial charge in [-0.05, 0) is 56.7 Å². The summed E-state index contributed by atoms with van der Waals surface area (Å²) in [5.41, 5.74) is -12.5. The van der Waals surface area contributed by atoms with Crippen LogP contribution in [0.15, 0.2) is 23.1 Å². The molecule has 0 aromatic heterocycles. The average Bonchev–Trinajstić information content (AvgIpc) is 2.32. The molecule has 1 aromatic rings. The van der Waals surface area contributed by atoms with Crippen LogP contribution in [0.1, 0.15) is 5.56 Å². The van der Waals surface area contributed by atoms with Crippen molar-refractivity contribution in [2.24, 2.45) is 0 Å². The van der Waals surface area contributed by atoms with Gasteiger partial charge in [-0.2, -0.15) is 35.1 Å². The number of benzene rings is 1. The van der Waals surface area contributed by atoms with Gasteiger partial charge in [0.2, 0.25) is 0 Å². The Hall–Kier alpha value is -0.0500. The number of halogens is 11. The van der Waals surface area contributed by atoms with Crippen LogP contribution in [0.2, 0.25) is 0 Å². The molecule has 0 radical (unpaired) electrons. The fourth-order valence-electron chi connectivity index (χ4n) is 1.49. The molecule has 0 aliphatic carbocycles. The van der Waals surface area contributed by atoms with Crippen LogP contribution in [-0.4, -0.2) is 20.7 Å². The minimum absolute atomic E-state index is 0.144. The van der Waals surface area contributed by atoms with E-state index in [-0.39, 0.29) is 6.07 Å². The lowest BCUT2D eigenvalue weighted by molar-refractivity contribution is -0.282.